The SMILES string of the molecule is COC(=O)[C@@H]1[C@@H](c2ccc(OC)cc2)N1S(=O)c1ccc(C)cc1. The second kappa shape index (κ2) is 6.75. The monoisotopic (exact) mass is 345 g/mol. The third kappa shape index (κ3) is 3.07. The molecule has 5 nitrogen and oxygen atoms in total. The first-order chi connectivity index (χ1) is 11.6. The molecule has 1 heterocycles. The molecule has 1 fully saturated rings. The van der Waals surface area contributed by atoms with Crippen molar-refractivity contribution in [3.8, 4) is 5.75 Å². The minimum atomic E-state index is -1.42. The summed E-state index contributed by atoms with van der Waals surface area (Å²) in [5, 5.41) is 0. The molecule has 0 spiro atoms. The lowest BCUT2D eigenvalue weighted by Gasteiger charge is -2.05. The molecule has 4 atom stereocenters. The van der Waals surface area contributed by atoms with Crippen molar-refractivity contribution >= 4 is 17.0 Å². The molecule has 1 aliphatic heterocycles. The highest BCUT2D eigenvalue weighted by Gasteiger charge is 2.58. The molecule has 1 aliphatic rings. The second-order valence-electron chi connectivity index (χ2n) is 5.61. The third-order valence-corrected chi connectivity index (χ3v) is 5.58. The van der Waals surface area contributed by atoms with Crippen LogP contribution >= 0.6 is 0 Å². The van der Waals surface area contributed by atoms with Gasteiger partial charge in [0.1, 0.15) is 22.8 Å². The summed E-state index contributed by atoms with van der Waals surface area (Å²) in [4.78, 5) is 12.7. The molecule has 3 rings (SSSR count). The molecule has 0 radical (unpaired) electrons. The van der Waals surface area contributed by atoms with Crippen LogP contribution in [-0.4, -0.2) is 34.7 Å². The van der Waals surface area contributed by atoms with Gasteiger partial charge in [-0.3, -0.25) is 4.79 Å². The third-order valence-electron chi connectivity index (χ3n) is 4.07. The van der Waals surface area contributed by atoms with Gasteiger partial charge in [-0.25, -0.2) is 4.21 Å². The number of ether oxygens (including phenoxy) is 2. The van der Waals surface area contributed by atoms with Gasteiger partial charge in [0, 0.05) is 0 Å². The lowest BCUT2D eigenvalue weighted by atomic mass is 10.1. The highest BCUT2D eigenvalue weighted by Crippen LogP contribution is 2.46. The van der Waals surface area contributed by atoms with Crippen molar-refractivity contribution in [2.24, 2.45) is 0 Å². The molecular weight excluding hydrogens is 326 g/mol. The zero-order chi connectivity index (χ0) is 17.3. The average Bonchev–Trinajstić information content (AvgIpc) is 3.36. The number of esters is 1. The molecule has 2 unspecified atom stereocenters. The largest absolute Gasteiger partial charge is 0.497 e. The Morgan fingerprint density at radius 2 is 1.67 bits per heavy atom. The van der Waals surface area contributed by atoms with Gasteiger partial charge in [-0.15, -0.1) is 0 Å². The van der Waals surface area contributed by atoms with Gasteiger partial charge in [-0.05, 0) is 36.8 Å². The number of hydrogen-bond donors (Lipinski definition) is 0. The Balaban J connectivity index is 1.88. The van der Waals surface area contributed by atoms with Crippen LogP contribution in [0.4, 0.5) is 0 Å². The lowest BCUT2D eigenvalue weighted by molar-refractivity contribution is -0.140. The van der Waals surface area contributed by atoms with Crippen LogP contribution in [0.25, 0.3) is 0 Å². The van der Waals surface area contributed by atoms with Crippen molar-refractivity contribution in [1.29, 1.82) is 0 Å². The Kier molecular flexibility index (Phi) is 4.69. The molecule has 0 N–H and O–H groups in total. The van der Waals surface area contributed by atoms with Crippen LogP contribution in [0.3, 0.4) is 0 Å². The maximum Gasteiger partial charge on any atom is 0.326 e. The van der Waals surface area contributed by atoms with Crippen LogP contribution < -0.4 is 4.74 Å². The summed E-state index contributed by atoms with van der Waals surface area (Å²) in [5.74, 6) is 0.358. The Hall–Kier alpha value is -2.18. The van der Waals surface area contributed by atoms with Crippen molar-refractivity contribution in [2.75, 3.05) is 14.2 Å². The average molecular weight is 345 g/mol. The first-order valence-electron chi connectivity index (χ1n) is 7.55. The van der Waals surface area contributed by atoms with Crippen LogP contribution in [0.15, 0.2) is 53.4 Å². The summed E-state index contributed by atoms with van der Waals surface area (Å²) < 4.78 is 24.5. The van der Waals surface area contributed by atoms with Crippen LogP contribution in [0, 0.1) is 6.92 Å². The summed E-state index contributed by atoms with van der Waals surface area (Å²) in [7, 11) is 1.52. The zero-order valence-corrected chi connectivity index (χ0v) is 14.6. The molecule has 0 amide bonds. The van der Waals surface area contributed by atoms with Crippen molar-refractivity contribution in [2.45, 2.75) is 23.9 Å². The number of rotatable bonds is 5. The van der Waals surface area contributed by atoms with E-state index in [-0.39, 0.29) is 12.0 Å². The molecule has 2 aromatic carbocycles. The van der Waals surface area contributed by atoms with E-state index in [2.05, 4.69) is 0 Å². The molecule has 126 valence electrons. The summed E-state index contributed by atoms with van der Waals surface area (Å²) in [6.45, 7) is 1.97. The summed E-state index contributed by atoms with van der Waals surface area (Å²) >= 11 is 0. The van der Waals surface area contributed by atoms with E-state index < -0.39 is 17.0 Å². The maximum atomic E-state index is 12.9. The number of carbonyl (C=O) groups excluding carboxylic acids is 1. The van der Waals surface area contributed by atoms with E-state index in [0.717, 1.165) is 16.9 Å². The van der Waals surface area contributed by atoms with Crippen LogP contribution in [0.1, 0.15) is 17.2 Å². The predicted octanol–water partition coefficient (Wildman–Crippen LogP) is 2.62. The predicted molar refractivity (Wildman–Crippen MR) is 91.0 cm³/mol. The summed E-state index contributed by atoms with van der Waals surface area (Å²) in [5.41, 5.74) is 2.00. The number of hydrogen-bond acceptors (Lipinski definition) is 4. The van der Waals surface area contributed by atoms with E-state index in [1.807, 2.05) is 55.5 Å². The Morgan fingerprint density at radius 3 is 2.21 bits per heavy atom. The van der Waals surface area contributed by atoms with Crippen LogP contribution in [0.2, 0.25) is 0 Å². The molecule has 0 aromatic heterocycles. The fourth-order valence-corrected chi connectivity index (χ4v) is 4.09. The second-order valence-corrected chi connectivity index (χ2v) is 7.00. The number of carbonyl (C=O) groups is 1. The van der Waals surface area contributed by atoms with Gasteiger partial charge < -0.3 is 9.47 Å². The number of benzene rings is 2. The molecular formula is C18H19NO4S. The standard InChI is InChI=1S/C18H19NO4S/c1-12-4-10-15(11-5-12)24(21)19-16(17(19)18(20)23-3)13-6-8-14(22-2)9-7-13/h4-11,16-17H,1-3H3/t16-,17+,19?,24?/m1/s1. The molecule has 0 bridgehead atoms. The minimum absolute atomic E-state index is 0.259. The van der Waals surface area contributed by atoms with E-state index in [1.54, 1.807) is 11.4 Å². The normalized spacial score (nSPS) is 23.4. The molecule has 1 saturated heterocycles. The summed E-state index contributed by atoms with van der Waals surface area (Å²) in [6, 6.07) is 14.1. The highest BCUT2D eigenvalue weighted by atomic mass is 32.2. The molecule has 24 heavy (non-hydrogen) atoms. The van der Waals surface area contributed by atoms with E-state index in [1.165, 1.54) is 7.11 Å². The quantitative estimate of drug-likeness (QED) is 0.617. The zero-order valence-electron chi connectivity index (χ0n) is 13.8. The van der Waals surface area contributed by atoms with E-state index >= 15 is 0 Å². The number of methoxy groups -OCH3 is 2. The van der Waals surface area contributed by atoms with Gasteiger partial charge in [0.05, 0.1) is 25.2 Å². The van der Waals surface area contributed by atoms with Gasteiger partial charge in [0.2, 0.25) is 0 Å². The van der Waals surface area contributed by atoms with Gasteiger partial charge in [0.15, 0.2) is 0 Å². The lowest BCUT2D eigenvalue weighted by Crippen LogP contribution is -2.16. The smallest absolute Gasteiger partial charge is 0.326 e. The van der Waals surface area contributed by atoms with Gasteiger partial charge >= 0.3 is 5.97 Å². The van der Waals surface area contributed by atoms with Crippen molar-refractivity contribution in [1.82, 2.24) is 4.31 Å². The number of aryl methyl sites for hydroxylation is 1. The van der Waals surface area contributed by atoms with Crippen molar-refractivity contribution in [3.63, 3.8) is 0 Å². The van der Waals surface area contributed by atoms with Gasteiger partial charge in [0.25, 0.3) is 0 Å². The molecule has 0 aliphatic carbocycles. The highest BCUT2D eigenvalue weighted by molar-refractivity contribution is 7.83. The topological polar surface area (TPSA) is 55.6 Å². The van der Waals surface area contributed by atoms with Gasteiger partial charge in [-0.1, -0.05) is 29.8 Å². The Morgan fingerprint density at radius 1 is 1.04 bits per heavy atom. The summed E-state index contributed by atoms with van der Waals surface area (Å²) in [6.07, 6.45) is 0. The van der Waals surface area contributed by atoms with E-state index in [9.17, 15) is 9.00 Å². The maximum absolute atomic E-state index is 12.9. The van der Waals surface area contributed by atoms with Crippen LogP contribution in [0.5, 0.6) is 5.75 Å². The van der Waals surface area contributed by atoms with Crippen LogP contribution in [-0.2, 0) is 20.5 Å². The van der Waals surface area contributed by atoms with Crippen molar-refractivity contribution in [3.05, 3.63) is 59.7 Å². The van der Waals surface area contributed by atoms with Crippen molar-refractivity contribution < 1.29 is 18.5 Å². The fraction of sp³-hybridized carbons (Fsp3) is 0.278. The molecule has 2 aromatic rings. The Bertz CT molecular complexity index is 758. The molecule has 6 heteroatoms. The first kappa shape index (κ1) is 16.7. The number of nitrogens with zero attached hydrogens (tertiary/aromatic N) is 1. The van der Waals surface area contributed by atoms with E-state index in [4.69, 9.17) is 9.47 Å². The minimum Gasteiger partial charge on any atom is -0.497 e. The fourth-order valence-electron chi connectivity index (χ4n) is 2.68. The van der Waals surface area contributed by atoms with Gasteiger partial charge in [-0.2, -0.15) is 4.31 Å². The molecule has 0 saturated carbocycles. The van der Waals surface area contributed by atoms with E-state index in [0.29, 0.717) is 4.90 Å². The first-order valence-corrected chi connectivity index (χ1v) is 8.66. The Labute approximate surface area is 143 Å².